The van der Waals surface area contributed by atoms with Crippen LogP contribution in [-0.4, -0.2) is 21.1 Å². The third-order valence-corrected chi connectivity index (χ3v) is 7.76. The third-order valence-electron chi connectivity index (χ3n) is 7.76. The van der Waals surface area contributed by atoms with Crippen molar-refractivity contribution in [1.82, 2.24) is 9.55 Å². The van der Waals surface area contributed by atoms with Gasteiger partial charge in [-0.15, -0.1) is 0 Å². The zero-order valence-electron chi connectivity index (χ0n) is 21.4. The lowest BCUT2D eigenvalue weighted by Crippen LogP contribution is -2.05. The van der Waals surface area contributed by atoms with Crippen LogP contribution in [0.2, 0.25) is 0 Å². The third kappa shape index (κ3) is 4.44. The monoisotopic (exact) mass is 506 g/mol. The Bertz CT molecular complexity index is 1840. The summed E-state index contributed by atoms with van der Waals surface area (Å²) in [5, 5.41) is 0. The van der Waals surface area contributed by atoms with E-state index in [-0.39, 0.29) is 11.6 Å². The summed E-state index contributed by atoms with van der Waals surface area (Å²) in [6.07, 6.45) is 12.8. The smallest absolute Gasteiger partial charge is 0.167 e. The average molecular weight is 507 g/mol. The Morgan fingerprint density at radius 2 is 1.26 bits per heavy atom. The Hall–Kier alpha value is -4.83. The molecule has 0 unspecified atom stereocenters. The van der Waals surface area contributed by atoms with Crippen molar-refractivity contribution in [2.75, 3.05) is 0 Å². The molecule has 2 aliphatic rings. The van der Waals surface area contributed by atoms with Gasteiger partial charge in [0, 0.05) is 29.7 Å². The van der Waals surface area contributed by atoms with E-state index in [1.54, 1.807) is 6.33 Å². The van der Waals surface area contributed by atoms with Gasteiger partial charge in [-0.2, -0.15) is 0 Å². The summed E-state index contributed by atoms with van der Waals surface area (Å²) in [6.45, 7) is 0. The van der Waals surface area contributed by atoms with Crippen molar-refractivity contribution < 1.29 is 9.59 Å². The van der Waals surface area contributed by atoms with Gasteiger partial charge in [0.25, 0.3) is 0 Å². The molecule has 0 radical (unpaired) electrons. The van der Waals surface area contributed by atoms with Crippen LogP contribution in [-0.2, 0) is 25.7 Å². The molecule has 188 valence electrons. The summed E-state index contributed by atoms with van der Waals surface area (Å²) < 4.78 is 2.03. The number of rotatable bonds is 7. The number of fused-ring (bicyclic) bond motifs is 3. The fourth-order valence-electron chi connectivity index (χ4n) is 5.57. The van der Waals surface area contributed by atoms with Gasteiger partial charge in [0.05, 0.1) is 11.0 Å². The Balaban J connectivity index is 1.06. The molecule has 1 aromatic heterocycles. The number of nitrogens with zero attached hydrogens (tertiary/aromatic N) is 2. The molecule has 5 aromatic rings. The number of Topliss-reactive ketones (excluding diaryl/α,β-unsaturated/α-hetero) is 2. The van der Waals surface area contributed by atoms with Crippen molar-refractivity contribution in [2.45, 2.75) is 25.7 Å². The number of hydrogen-bond donors (Lipinski definition) is 0. The van der Waals surface area contributed by atoms with Crippen LogP contribution in [0, 0.1) is 0 Å². The van der Waals surface area contributed by atoms with Crippen LogP contribution in [0.15, 0.2) is 97.3 Å². The van der Waals surface area contributed by atoms with Gasteiger partial charge in [-0.1, -0.05) is 66.8 Å². The molecule has 1 heterocycles. The molecule has 39 heavy (non-hydrogen) atoms. The SMILES string of the molecule is O=C(Cc1ccc(-n2cnc3cc(CC(=O)c4ccc5c(c4)C=CC5)ccc32)cc1)c1ccc2c(c1)C=CC2. The Kier molecular flexibility index (Phi) is 5.66. The van der Waals surface area contributed by atoms with Gasteiger partial charge in [-0.3, -0.25) is 14.2 Å². The van der Waals surface area contributed by atoms with Gasteiger partial charge < -0.3 is 0 Å². The molecule has 0 fully saturated rings. The van der Waals surface area contributed by atoms with Gasteiger partial charge in [-0.05, 0) is 82.6 Å². The lowest BCUT2D eigenvalue weighted by atomic mass is 9.99. The van der Waals surface area contributed by atoms with Crippen molar-refractivity contribution >= 4 is 34.8 Å². The topological polar surface area (TPSA) is 52.0 Å². The number of hydrogen-bond acceptors (Lipinski definition) is 3. The minimum Gasteiger partial charge on any atom is -0.299 e. The van der Waals surface area contributed by atoms with Crippen LogP contribution in [0.3, 0.4) is 0 Å². The molecule has 0 spiro atoms. The highest BCUT2D eigenvalue weighted by Crippen LogP contribution is 2.25. The zero-order valence-corrected chi connectivity index (χ0v) is 21.4. The highest BCUT2D eigenvalue weighted by molar-refractivity contribution is 5.99. The highest BCUT2D eigenvalue weighted by atomic mass is 16.1. The van der Waals surface area contributed by atoms with Gasteiger partial charge >= 0.3 is 0 Å². The van der Waals surface area contributed by atoms with E-state index in [0.717, 1.165) is 62.9 Å². The second-order valence-corrected chi connectivity index (χ2v) is 10.3. The van der Waals surface area contributed by atoms with E-state index in [4.69, 9.17) is 0 Å². The van der Waals surface area contributed by atoms with E-state index in [1.165, 1.54) is 11.1 Å². The maximum atomic E-state index is 12.9. The minimum atomic E-state index is 0.110. The van der Waals surface area contributed by atoms with Crippen molar-refractivity contribution in [2.24, 2.45) is 0 Å². The summed E-state index contributed by atoms with van der Waals surface area (Å²) in [6, 6.07) is 26.1. The molecule has 0 N–H and O–H groups in total. The van der Waals surface area contributed by atoms with Crippen molar-refractivity contribution in [1.29, 1.82) is 0 Å². The Morgan fingerprint density at radius 3 is 1.90 bits per heavy atom. The summed E-state index contributed by atoms with van der Waals surface area (Å²) in [5.74, 6) is 0.232. The number of benzene rings is 4. The van der Waals surface area contributed by atoms with E-state index in [9.17, 15) is 9.59 Å². The molecule has 2 aliphatic carbocycles. The predicted molar refractivity (Wildman–Crippen MR) is 155 cm³/mol. The molecule has 0 atom stereocenters. The highest BCUT2D eigenvalue weighted by Gasteiger charge is 2.14. The molecule has 4 nitrogen and oxygen atoms in total. The number of allylic oxidation sites excluding steroid dienone is 2. The number of carbonyl (C=O) groups excluding carboxylic acids is 2. The van der Waals surface area contributed by atoms with Crippen molar-refractivity contribution in [3.63, 3.8) is 0 Å². The minimum absolute atomic E-state index is 0.110. The van der Waals surface area contributed by atoms with Gasteiger partial charge in [0.2, 0.25) is 0 Å². The molecule has 0 aliphatic heterocycles. The fourth-order valence-corrected chi connectivity index (χ4v) is 5.57. The summed E-state index contributed by atoms with van der Waals surface area (Å²) in [5.41, 5.74) is 11.1. The van der Waals surface area contributed by atoms with Crippen LogP contribution in [0.25, 0.3) is 28.9 Å². The number of aromatic nitrogens is 2. The predicted octanol–water partition coefficient (Wildman–Crippen LogP) is 7.01. The molecular weight excluding hydrogens is 480 g/mol. The van der Waals surface area contributed by atoms with E-state index < -0.39 is 0 Å². The molecule has 7 rings (SSSR count). The van der Waals surface area contributed by atoms with Crippen LogP contribution in [0.5, 0.6) is 0 Å². The maximum absolute atomic E-state index is 12.9. The van der Waals surface area contributed by atoms with Crippen LogP contribution >= 0.6 is 0 Å². The largest absolute Gasteiger partial charge is 0.299 e. The molecule has 0 saturated carbocycles. The van der Waals surface area contributed by atoms with Crippen LogP contribution in [0.4, 0.5) is 0 Å². The molecule has 0 bridgehead atoms. The first-order chi connectivity index (χ1) is 19.1. The fraction of sp³-hybridized carbons (Fsp3) is 0.114. The summed E-state index contributed by atoms with van der Waals surface area (Å²) in [4.78, 5) is 30.4. The van der Waals surface area contributed by atoms with Gasteiger partial charge in [-0.25, -0.2) is 4.98 Å². The zero-order chi connectivity index (χ0) is 26.3. The van der Waals surface area contributed by atoms with Gasteiger partial charge in [0.1, 0.15) is 6.33 Å². The number of carbonyl (C=O) groups is 2. The molecular formula is C35H26N2O2. The van der Waals surface area contributed by atoms with Crippen LogP contribution < -0.4 is 0 Å². The lowest BCUT2D eigenvalue weighted by molar-refractivity contribution is 0.0984. The Morgan fingerprint density at radius 1 is 0.667 bits per heavy atom. The summed E-state index contributed by atoms with van der Waals surface area (Å²) >= 11 is 0. The van der Waals surface area contributed by atoms with Crippen molar-refractivity contribution in [3.05, 3.63) is 142 Å². The molecule has 0 saturated heterocycles. The Labute approximate surface area is 227 Å². The first-order valence-electron chi connectivity index (χ1n) is 13.3. The molecule has 4 heteroatoms. The lowest BCUT2D eigenvalue weighted by Gasteiger charge is -2.08. The molecule has 0 amide bonds. The van der Waals surface area contributed by atoms with Gasteiger partial charge in [0.15, 0.2) is 11.6 Å². The second kappa shape index (κ2) is 9.48. The number of ketones is 2. The van der Waals surface area contributed by atoms with E-state index in [2.05, 4.69) is 41.4 Å². The summed E-state index contributed by atoms with van der Waals surface area (Å²) in [7, 11) is 0. The molecule has 4 aromatic carbocycles. The van der Waals surface area contributed by atoms with E-state index >= 15 is 0 Å². The second-order valence-electron chi connectivity index (χ2n) is 10.3. The average Bonchev–Trinajstić information content (AvgIpc) is 3.72. The van der Waals surface area contributed by atoms with E-state index in [0.29, 0.717) is 12.8 Å². The quantitative estimate of drug-likeness (QED) is 0.223. The number of imidazole rings is 1. The van der Waals surface area contributed by atoms with Crippen molar-refractivity contribution in [3.8, 4) is 5.69 Å². The normalized spacial score (nSPS) is 13.1. The first kappa shape index (κ1) is 23.3. The van der Waals surface area contributed by atoms with Crippen LogP contribution in [0.1, 0.15) is 54.1 Å². The standard InChI is InChI=1S/C35H26N2O2/c38-34(29-12-10-25-3-1-5-27(25)20-29)18-23-7-14-31(15-8-23)37-22-36-32-17-24(9-16-33(32)37)19-35(39)30-13-11-26-4-2-6-28(26)21-30/h1-2,5-17,20-22H,3-4,18-19H2. The van der Waals surface area contributed by atoms with E-state index in [1.807, 2.05) is 71.3 Å². The maximum Gasteiger partial charge on any atom is 0.167 e. The first-order valence-corrected chi connectivity index (χ1v) is 13.3.